The van der Waals surface area contributed by atoms with Crippen molar-refractivity contribution in [3.8, 4) is 0 Å². The summed E-state index contributed by atoms with van der Waals surface area (Å²) in [6.07, 6.45) is -1.50. The van der Waals surface area contributed by atoms with Crippen molar-refractivity contribution in [3.05, 3.63) is 78.8 Å². The van der Waals surface area contributed by atoms with Gasteiger partial charge in [0.15, 0.2) is 9.84 Å². The van der Waals surface area contributed by atoms with Gasteiger partial charge in [-0.2, -0.15) is 23.1 Å². The maximum absolute atomic E-state index is 13.7. The van der Waals surface area contributed by atoms with E-state index >= 15 is 0 Å². The van der Waals surface area contributed by atoms with Gasteiger partial charge in [0.1, 0.15) is 70.3 Å². The Balaban J connectivity index is 0.0000101. The van der Waals surface area contributed by atoms with E-state index < -0.39 is 146 Å². The third kappa shape index (κ3) is 20.3. The Kier molecular flexibility index (Phi) is 29.0. The van der Waals surface area contributed by atoms with E-state index in [1.807, 2.05) is 0 Å². The van der Waals surface area contributed by atoms with Crippen LogP contribution in [0, 0.1) is 12.0 Å². The predicted octanol–water partition coefficient (Wildman–Crippen LogP) is -11.9. The van der Waals surface area contributed by atoms with Crippen LogP contribution in [0.25, 0.3) is 0 Å². The number of hydrogen-bond acceptors (Lipinski definition) is 30. The van der Waals surface area contributed by atoms with Gasteiger partial charge in [0.05, 0.1) is 55.4 Å². The maximum atomic E-state index is 13.7. The second-order valence-electron chi connectivity index (χ2n) is 12.2. The number of anilines is 4. The molecule has 1 heterocycles. The summed E-state index contributed by atoms with van der Waals surface area (Å²) in [5, 5.41) is 38.4. The summed E-state index contributed by atoms with van der Waals surface area (Å²) in [6, 6.07) is 8.22. The smallest absolute Gasteiger partial charge is 0.744 e. The van der Waals surface area contributed by atoms with E-state index in [9.17, 15) is 74.3 Å². The maximum Gasteiger partial charge on any atom is 1.00 e. The molecule has 0 spiro atoms. The van der Waals surface area contributed by atoms with Crippen LogP contribution in [0.2, 0.25) is 0 Å². The SMILES string of the molecule is Nc1c(N=Nc2cc(Nc3cc(F)nc(F)n3)ccc2S(=O)(=O)[O-])cc(N=Nc2cc(SOO[O-])ccc2S(=O)(=O)[O-])c(N)c1N=Nc1ccc(S(=O)(=O)CCOS(=O)(=O)[O-])cc1S(=O)(=O)[O-].[Na+].[Na+].[Na+].[Na+].[Na+]. The topological polar surface area (TPSA) is 478 Å². The molecule has 5 rings (SSSR count). The van der Waals surface area contributed by atoms with Gasteiger partial charge >= 0.3 is 154 Å². The molecule has 5 N–H and O–H groups in total. The summed E-state index contributed by atoms with van der Waals surface area (Å²) in [5.74, 6) is -3.00. The molecule has 0 saturated heterocycles. The van der Waals surface area contributed by atoms with E-state index in [1.165, 1.54) is 0 Å². The number of nitrogens with zero attached hydrogens (tertiary/aromatic N) is 8. The van der Waals surface area contributed by atoms with Gasteiger partial charge in [-0.05, 0) is 60.7 Å². The van der Waals surface area contributed by atoms with Crippen LogP contribution < -0.4 is 170 Å². The Hall–Kier alpha value is -1.20. The van der Waals surface area contributed by atoms with Crippen LogP contribution in [-0.4, -0.2) is 82.6 Å². The molecule has 0 aliphatic rings. The molecule has 0 radical (unpaired) electrons. The molecule has 0 bridgehead atoms. The van der Waals surface area contributed by atoms with Crippen LogP contribution in [0.4, 0.5) is 65.8 Å². The summed E-state index contributed by atoms with van der Waals surface area (Å²) in [6.45, 7) is -1.20. The van der Waals surface area contributed by atoms with Crippen LogP contribution in [0.15, 0.2) is 122 Å². The molecule has 4 aromatic carbocycles. The second-order valence-corrected chi connectivity index (χ2v) is 20.2. The standard InChI is InChI=1S/C30H25F2N11O18S6.5Na/c31-25-13-26(37-30(32)36-25)35-14-1-5-22(64(47,48)49)18(9-14)39-41-20-12-21(42-40-19-10-15(62-61-60-44)2-6-23(19)65(50,51)52)28(34)29(27(20)33)43-38-17-4-3-16(11-24(17)66(53,54)55)63(45,46)8-7-59-67(56,57)58;;;;;/h1-6,9-13,44H,7-8,33-34H2,(H,35,36,37)(H,47,48,49)(H,50,51,52)(H,53,54,55)(H,56,57,58);;;;;/q;5*+1/p-5. The molecule has 0 aliphatic heterocycles. The minimum absolute atomic E-state index is 0. The first kappa shape index (κ1) is 70.8. The summed E-state index contributed by atoms with van der Waals surface area (Å²) in [4.78, 5) is 1.76. The number of nitrogens with one attached hydrogen (secondary N) is 1. The number of azo groups is 3. The molecule has 0 aliphatic carbocycles. The van der Waals surface area contributed by atoms with E-state index in [0.29, 0.717) is 30.3 Å². The predicted molar refractivity (Wildman–Crippen MR) is 212 cm³/mol. The molecule has 5 aromatic rings. The second kappa shape index (κ2) is 29.5. The average molecular weight is 1170 g/mol. The van der Waals surface area contributed by atoms with Crippen LogP contribution in [0.5, 0.6) is 0 Å². The Bertz CT molecular complexity index is 3450. The first-order chi connectivity index (χ1) is 31.1. The number of halogens is 2. The van der Waals surface area contributed by atoms with Gasteiger partial charge in [-0.25, -0.2) is 42.1 Å². The zero-order valence-electron chi connectivity index (χ0n) is 37.1. The molecule has 0 atom stereocenters. The van der Waals surface area contributed by atoms with Gasteiger partial charge in [-0.1, -0.05) is 0 Å². The number of hydrogen-bond donors (Lipinski definition) is 3. The molecular weight excluding hydrogens is 1150 g/mol. The number of rotatable bonds is 19. The molecule has 0 unspecified atom stereocenters. The fraction of sp³-hybridized carbons (Fsp3) is 0.0667. The Morgan fingerprint density at radius 3 is 1.62 bits per heavy atom. The molecule has 72 heavy (non-hydrogen) atoms. The minimum atomic E-state index is -5.66. The van der Waals surface area contributed by atoms with E-state index in [-0.39, 0.29) is 170 Å². The quantitative estimate of drug-likeness (QED) is 0.00660. The van der Waals surface area contributed by atoms with Crippen molar-refractivity contribution >= 4 is 120 Å². The largest absolute Gasteiger partial charge is 1.00 e. The van der Waals surface area contributed by atoms with Gasteiger partial charge in [-0.15, -0.1) is 30.7 Å². The Labute approximate surface area is 520 Å². The van der Waals surface area contributed by atoms with Crippen LogP contribution in [0.3, 0.4) is 0 Å². The molecule has 0 saturated carbocycles. The van der Waals surface area contributed by atoms with Crippen molar-refractivity contribution in [1.29, 1.82) is 0 Å². The summed E-state index contributed by atoms with van der Waals surface area (Å²) in [7, 11) is -26.3. The number of nitrogen functional groups attached to an aromatic ring is 2. The molecule has 0 fully saturated rings. The van der Waals surface area contributed by atoms with Crippen molar-refractivity contribution < 1.29 is 236 Å². The Morgan fingerprint density at radius 2 is 1.11 bits per heavy atom. The first-order valence-corrected chi connectivity index (χ1v) is 24.7. The third-order valence-corrected chi connectivity index (χ3v) is 13.1. The van der Waals surface area contributed by atoms with Crippen LogP contribution in [-0.2, 0) is 64.1 Å². The van der Waals surface area contributed by atoms with Crippen molar-refractivity contribution in [3.63, 3.8) is 0 Å². The summed E-state index contributed by atoms with van der Waals surface area (Å²) >= 11 is 0.233. The molecular formula is C30H20F2N11Na5O18S6. The number of aromatic nitrogens is 2. The molecule has 0 amide bonds. The monoisotopic (exact) mass is 1170 g/mol. The van der Waals surface area contributed by atoms with Gasteiger partial charge in [0, 0.05) is 16.6 Å². The zero-order valence-corrected chi connectivity index (χ0v) is 52.0. The van der Waals surface area contributed by atoms with Crippen LogP contribution in [0.1, 0.15) is 0 Å². The van der Waals surface area contributed by atoms with Crippen molar-refractivity contribution in [1.82, 2.24) is 9.97 Å². The first-order valence-electron chi connectivity index (χ1n) is 16.8. The minimum Gasteiger partial charge on any atom is -0.744 e. The van der Waals surface area contributed by atoms with E-state index in [2.05, 4.69) is 59.5 Å². The molecule has 29 nitrogen and oxygen atoms in total. The number of benzene rings is 4. The van der Waals surface area contributed by atoms with Crippen LogP contribution >= 0.6 is 12.0 Å². The van der Waals surface area contributed by atoms with Crippen molar-refractivity contribution in [2.45, 2.75) is 24.5 Å². The summed E-state index contributed by atoms with van der Waals surface area (Å²) < 4.78 is 203. The molecule has 1 aromatic heterocycles. The fourth-order valence-electron chi connectivity index (χ4n) is 4.98. The number of nitrogens with two attached hydrogens (primary N) is 2. The third-order valence-electron chi connectivity index (χ3n) is 7.79. The van der Waals surface area contributed by atoms with E-state index in [0.717, 1.165) is 36.4 Å². The fourth-order valence-corrected chi connectivity index (χ4v) is 8.76. The van der Waals surface area contributed by atoms with Crippen molar-refractivity contribution in [2.75, 3.05) is 29.1 Å². The molecule has 358 valence electrons. The van der Waals surface area contributed by atoms with Gasteiger partial charge < -0.3 is 40.3 Å². The van der Waals surface area contributed by atoms with Gasteiger partial charge in [-0.3, -0.25) is 9.22 Å². The zero-order chi connectivity index (χ0) is 49.7. The average Bonchev–Trinajstić information content (AvgIpc) is 3.20. The van der Waals surface area contributed by atoms with E-state index in [1.54, 1.807) is 0 Å². The molecule has 42 heteroatoms. The van der Waals surface area contributed by atoms with Gasteiger partial charge in [0.25, 0.3) is 0 Å². The summed E-state index contributed by atoms with van der Waals surface area (Å²) in [5.41, 5.74) is 6.45. The Morgan fingerprint density at radius 1 is 0.597 bits per heavy atom. The van der Waals surface area contributed by atoms with Gasteiger partial charge in [0.2, 0.25) is 16.3 Å². The number of sulfone groups is 1. The van der Waals surface area contributed by atoms with Crippen molar-refractivity contribution in [2.24, 2.45) is 30.7 Å². The van der Waals surface area contributed by atoms with E-state index in [4.69, 9.17) is 11.5 Å². The normalized spacial score (nSPS) is 12.1.